The van der Waals surface area contributed by atoms with Crippen molar-refractivity contribution in [3.63, 3.8) is 0 Å². The Morgan fingerprint density at radius 1 is 1.22 bits per heavy atom. The predicted molar refractivity (Wildman–Crippen MR) is 151 cm³/mol. The van der Waals surface area contributed by atoms with Crippen LogP contribution in [0.5, 0.6) is 0 Å². The molecule has 1 saturated carbocycles. The number of hydrogen-bond donors (Lipinski definition) is 2. The van der Waals surface area contributed by atoms with E-state index in [0.29, 0.717) is 21.9 Å². The number of ether oxygens (including phenoxy) is 1. The fourth-order valence-electron chi connectivity index (χ4n) is 5.85. The van der Waals surface area contributed by atoms with Gasteiger partial charge in [-0.3, -0.25) is 9.78 Å². The Kier molecular flexibility index (Phi) is 7.51. The van der Waals surface area contributed by atoms with Gasteiger partial charge < -0.3 is 24.8 Å². The summed E-state index contributed by atoms with van der Waals surface area (Å²) in [6.07, 6.45) is 6.81. The summed E-state index contributed by atoms with van der Waals surface area (Å²) in [5.41, 5.74) is 6.07. The molecule has 1 aliphatic carbocycles. The Morgan fingerprint density at radius 2 is 2.00 bits per heavy atom. The van der Waals surface area contributed by atoms with Crippen molar-refractivity contribution in [1.29, 1.82) is 0 Å². The van der Waals surface area contributed by atoms with Gasteiger partial charge >= 0.3 is 0 Å². The summed E-state index contributed by atoms with van der Waals surface area (Å²) in [4.78, 5) is 18.8. The van der Waals surface area contributed by atoms with Gasteiger partial charge in [-0.15, -0.1) is 0 Å². The molecular weight excluding hydrogens is 506 g/mol. The molecule has 1 saturated heterocycles. The number of carbonyl (C=O) groups is 1. The lowest BCUT2D eigenvalue weighted by atomic mass is 9.96. The van der Waals surface area contributed by atoms with Gasteiger partial charge in [0.2, 0.25) is 5.91 Å². The fraction of sp³-hybridized carbons (Fsp3) is 0.393. The molecule has 3 heterocycles. The summed E-state index contributed by atoms with van der Waals surface area (Å²) in [6.45, 7) is 4.38. The Morgan fingerprint density at radius 3 is 2.68 bits per heavy atom. The lowest BCUT2D eigenvalue weighted by Crippen LogP contribution is -2.29. The SMILES string of the molecule is COCC(=O)Nc1ccc(N2C(=S)N[C@H](c3ccccn3)[C@H]2c2cc(C)n(C3CCCC3)c2C)cc1Cl. The molecule has 0 spiro atoms. The van der Waals surface area contributed by atoms with Crippen molar-refractivity contribution in [2.45, 2.75) is 57.7 Å². The Balaban J connectivity index is 1.57. The first-order chi connectivity index (χ1) is 17.9. The standard InChI is InChI=1S/C28H32ClN5O2S/c1-17-14-21(18(2)33(17)19-8-4-5-9-19)27-26(24-10-6-7-13-30-24)32-28(37)34(27)20-11-12-23(22(29)15-20)31-25(35)16-36-3/h6-7,10-15,19,26-27H,4-5,8-9,16H2,1-3H3,(H,31,35)(H,32,37)/t26-,27-/m1/s1. The van der Waals surface area contributed by atoms with Crippen molar-refractivity contribution >= 4 is 46.2 Å². The molecule has 2 atom stereocenters. The number of rotatable bonds is 7. The van der Waals surface area contributed by atoms with Crippen LogP contribution in [-0.4, -0.2) is 34.3 Å². The maximum Gasteiger partial charge on any atom is 0.250 e. The highest BCUT2D eigenvalue weighted by atomic mass is 35.5. The number of carbonyl (C=O) groups excluding carboxylic acids is 1. The number of thiocarbonyl (C=S) groups is 1. The van der Waals surface area contributed by atoms with Crippen molar-refractivity contribution in [2.75, 3.05) is 23.9 Å². The van der Waals surface area contributed by atoms with Gasteiger partial charge in [-0.05, 0) is 80.9 Å². The minimum Gasteiger partial charge on any atom is -0.375 e. The zero-order chi connectivity index (χ0) is 26.1. The van der Waals surface area contributed by atoms with Crippen LogP contribution in [0.1, 0.15) is 66.5 Å². The molecule has 5 rings (SSSR count). The van der Waals surface area contributed by atoms with E-state index in [0.717, 1.165) is 11.4 Å². The number of methoxy groups -OCH3 is 1. The minimum atomic E-state index is -0.261. The van der Waals surface area contributed by atoms with E-state index in [1.54, 1.807) is 6.07 Å². The van der Waals surface area contributed by atoms with Crippen LogP contribution in [0.3, 0.4) is 0 Å². The van der Waals surface area contributed by atoms with Gasteiger partial charge in [0.25, 0.3) is 0 Å². The number of nitrogens with zero attached hydrogens (tertiary/aromatic N) is 3. The lowest BCUT2D eigenvalue weighted by Gasteiger charge is -2.29. The van der Waals surface area contributed by atoms with Crippen molar-refractivity contribution in [3.05, 3.63) is 76.3 Å². The third-order valence-electron chi connectivity index (χ3n) is 7.41. The van der Waals surface area contributed by atoms with Crippen LogP contribution in [-0.2, 0) is 9.53 Å². The van der Waals surface area contributed by atoms with E-state index < -0.39 is 0 Å². The van der Waals surface area contributed by atoms with E-state index in [2.05, 4.69) is 45.0 Å². The summed E-state index contributed by atoms with van der Waals surface area (Å²) in [6, 6.07) is 14.1. The quantitative estimate of drug-likeness (QED) is 0.358. The maximum atomic E-state index is 12.0. The zero-order valence-corrected chi connectivity index (χ0v) is 22.9. The maximum absolute atomic E-state index is 12.0. The van der Waals surface area contributed by atoms with Gasteiger partial charge in [-0.2, -0.15) is 0 Å². The summed E-state index contributed by atoms with van der Waals surface area (Å²) in [5.74, 6) is -0.261. The highest BCUT2D eigenvalue weighted by Gasteiger charge is 2.42. The number of anilines is 2. The monoisotopic (exact) mass is 537 g/mol. The smallest absolute Gasteiger partial charge is 0.250 e. The number of pyridine rings is 1. The number of aryl methyl sites for hydroxylation is 1. The summed E-state index contributed by atoms with van der Waals surface area (Å²) >= 11 is 12.5. The molecule has 194 valence electrons. The van der Waals surface area contributed by atoms with Crippen molar-refractivity contribution < 1.29 is 9.53 Å². The molecular formula is C28H32ClN5O2S. The summed E-state index contributed by atoms with van der Waals surface area (Å²) in [5, 5.41) is 7.37. The van der Waals surface area contributed by atoms with Gasteiger partial charge in [0.05, 0.1) is 28.5 Å². The fourth-order valence-corrected chi connectivity index (χ4v) is 6.42. The van der Waals surface area contributed by atoms with Gasteiger partial charge in [-0.25, -0.2) is 0 Å². The van der Waals surface area contributed by atoms with Crippen LogP contribution < -0.4 is 15.5 Å². The predicted octanol–water partition coefficient (Wildman–Crippen LogP) is 6.03. The van der Waals surface area contributed by atoms with Crippen LogP contribution in [0.25, 0.3) is 0 Å². The highest BCUT2D eigenvalue weighted by molar-refractivity contribution is 7.80. The molecule has 1 aliphatic heterocycles. The van der Waals surface area contributed by atoms with Gasteiger partial charge in [0, 0.05) is 36.4 Å². The largest absolute Gasteiger partial charge is 0.375 e. The first-order valence-corrected chi connectivity index (χ1v) is 13.4. The number of benzene rings is 1. The lowest BCUT2D eigenvalue weighted by molar-refractivity contribution is -0.119. The van der Waals surface area contributed by atoms with Gasteiger partial charge in [-0.1, -0.05) is 30.5 Å². The first kappa shape index (κ1) is 25.7. The van der Waals surface area contributed by atoms with Crippen LogP contribution in [0.2, 0.25) is 5.02 Å². The number of halogens is 1. The average molecular weight is 538 g/mol. The van der Waals surface area contributed by atoms with E-state index in [-0.39, 0.29) is 24.6 Å². The van der Waals surface area contributed by atoms with E-state index in [1.165, 1.54) is 49.7 Å². The minimum absolute atomic E-state index is 0.0390. The Bertz CT molecular complexity index is 1310. The molecule has 1 amide bonds. The first-order valence-electron chi connectivity index (χ1n) is 12.7. The number of nitrogens with one attached hydrogen (secondary N) is 2. The molecule has 9 heteroatoms. The molecule has 0 unspecified atom stereocenters. The van der Waals surface area contributed by atoms with Gasteiger partial charge in [0.1, 0.15) is 6.61 Å². The molecule has 2 aliphatic rings. The van der Waals surface area contributed by atoms with Crippen LogP contribution in [0.15, 0.2) is 48.7 Å². The molecule has 2 N–H and O–H groups in total. The second-order valence-corrected chi connectivity index (χ2v) is 10.6. The molecule has 2 aromatic heterocycles. The van der Waals surface area contributed by atoms with E-state index >= 15 is 0 Å². The number of hydrogen-bond acceptors (Lipinski definition) is 4. The second kappa shape index (κ2) is 10.8. The van der Waals surface area contributed by atoms with E-state index in [4.69, 9.17) is 28.6 Å². The van der Waals surface area contributed by atoms with Crippen molar-refractivity contribution in [1.82, 2.24) is 14.9 Å². The van der Waals surface area contributed by atoms with Crippen LogP contribution >= 0.6 is 23.8 Å². The summed E-state index contributed by atoms with van der Waals surface area (Å²) in [7, 11) is 1.48. The normalized spacial score (nSPS) is 19.9. The van der Waals surface area contributed by atoms with Crippen LogP contribution in [0.4, 0.5) is 11.4 Å². The highest BCUT2D eigenvalue weighted by Crippen LogP contribution is 2.45. The Hall–Kier alpha value is -2.94. The second-order valence-electron chi connectivity index (χ2n) is 9.78. The van der Waals surface area contributed by atoms with E-state index in [9.17, 15) is 4.79 Å². The molecule has 7 nitrogen and oxygen atoms in total. The molecule has 3 aromatic rings. The van der Waals surface area contributed by atoms with Crippen LogP contribution in [0, 0.1) is 13.8 Å². The van der Waals surface area contributed by atoms with E-state index in [1.807, 2.05) is 36.5 Å². The van der Waals surface area contributed by atoms with Gasteiger partial charge in [0.15, 0.2) is 5.11 Å². The zero-order valence-electron chi connectivity index (χ0n) is 21.3. The average Bonchev–Trinajstić information content (AvgIpc) is 3.59. The summed E-state index contributed by atoms with van der Waals surface area (Å²) < 4.78 is 7.43. The molecule has 0 bridgehead atoms. The molecule has 37 heavy (non-hydrogen) atoms. The molecule has 1 aromatic carbocycles. The molecule has 0 radical (unpaired) electrons. The Labute approximate surface area is 228 Å². The number of amides is 1. The topological polar surface area (TPSA) is 71.4 Å². The number of aromatic nitrogens is 2. The van der Waals surface area contributed by atoms with Crippen molar-refractivity contribution in [2.24, 2.45) is 0 Å². The third kappa shape index (κ3) is 4.98. The molecule has 2 fully saturated rings. The third-order valence-corrected chi connectivity index (χ3v) is 8.04. The van der Waals surface area contributed by atoms with Crippen molar-refractivity contribution in [3.8, 4) is 0 Å².